The van der Waals surface area contributed by atoms with E-state index in [9.17, 15) is 4.79 Å². The summed E-state index contributed by atoms with van der Waals surface area (Å²) in [5.41, 5.74) is 1.89. The van der Waals surface area contributed by atoms with Gasteiger partial charge in [-0.2, -0.15) is 0 Å². The smallest absolute Gasteiger partial charge is 0.255 e. The average molecular weight is 207 g/mol. The highest BCUT2D eigenvalue weighted by Crippen LogP contribution is 2.16. The fraction of sp³-hybridized carbons (Fsp3) is 0.636. The molecule has 1 aliphatic rings. The minimum absolute atomic E-state index is 0.0304. The van der Waals surface area contributed by atoms with Crippen molar-refractivity contribution in [3.8, 4) is 0 Å². The summed E-state index contributed by atoms with van der Waals surface area (Å²) in [6, 6.07) is 0.287. The van der Waals surface area contributed by atoms with Crippen LogP contribution in [0.4, 0.5) is 5.95 Å². The van der Waals surface area contributed by atoms with Crippen molar-refractivity contribution in [1.82, 2.24) is 9.97 Å². The first-order chi connectivity index (χ1) is 7.16. The predicted octanol–water partition coefficient (Wildman–Crippen LogP) is 1.47. The molecule has 1 aromatic rings. The van der Waals surface area contributed by atoms with Crippen molar-refractivity contribution in [1.29, 1.82) is 0 Å². The normalized spacial score (nSPS) is 15.1. The fourth-order valence-electron chi connectivity index (χ4n) is 1.95. The molecule has 4 nitrogen and oxygen atoms in total. The van der Waals surface area contributed by atoms with Gasteiger partial charge in [0, 0.05) is 11.6 Å². The first-order valence-corrected chi connectivity index (χ1v) is 5.55. The van der Waals surface area contributed by atoms with E-state index in [1.54, 1.807) is 0 Å². The number of rotatable bonds is 2. The number of anilines is 1. The number of fused-ring (bicyclic) bond motifs is 1. The van der Waals surface area contributed by atoms with E-state index in [2.05, 4.69) is 15.3 Å². The lowest BCUT2D eigenvalue weighted by atomic mass is 9.97. The highest BCUT2D eigenvalue weighted by molar-refractivity contribution is 5.31. The predicted molar refractivity (Wildman–Crippen MR) is 60.3 cm³/mol. The highest BCUT2D eigenvalue weighted by Gasteiger charge is 2.15. The molecule has 4 heteroatoms. The second kappa shape index (κ2) is 4.04. The molecule has 15 heavy (non-hydrogen) atoms. The van der Waals surface area contributed by atoms with Crippen molar-refractivity contribution >= 4 is 5.95 Å². The van der Waals surface area contributed by atoms with Gasteiger partial charge in [-0.15, -0.1) is 0 Å². The first-order valence-electron chi connectivity index (χ1n) is 5.55. The van der Waals surface area contributed by atoms with E-state index in [0.29, 0.717) is 5.95 Å². The van der Waals surface area contributed by atoms with Gasteiger partial charge < -0.3 is 5.32 Å². The molecule has 0 fully saturated rings. The molecule has 2 rings (SSSR count). The molecule has 2 N–H and O–H groups in total. The molecule has 0 saturated heterocycles. The molecule has 0 unspecified atom stereocenters. The van der Waals surface area contributed by atoms with E-state index in [0.717, 1.165) is 36.9 Å². The summed E-state index contributed by atoms with van der Waals surface area (Å²) < 4.78 is 0. The monoisotopic (exact) mass is 207 g/mol. The number of hydrogen-bond acceptors (Lipinski definition) is 3. The van der Waals surface area contributed by atoms with Gasteiger partial charge in [0.05, 0.1) is 5.69 Å². The average Bonchev–Trinajstić information content (AvgIpc) is 2.16. The second-order valence-electron chi connectivity index (χ2n) is 4.35. The van der Waals surface area contributed by atoms with Gasteiger partial charge in [-0.25, -0.2) is 4.98 Å². The van der Waals surface area contributed by atoms with Crippen molar-refractivity contribution < 1.29 is 0 Å². The van der Waals surface area contributed by atoms with Crippen LogP contribution < -0.4 is 10.9 Å². The van der Waals surface area contributed by atoms with Crippen molar-refractivity contribution in [2.75, 3.05) is 5.32 Å². The SMILES string of the molecule is CC(C)Nc1nc2c(c(=O)[nH]1)CCCC2. The Kier molecular flexibility index (Phi) is 2.75. The molecule has 1 heterocycles. The highest BCUT2D eigenvalue weighted by atomic mass is 16.1. The maximum Gasteiger partial charge on any atom is 0.255 e. The molecule has 0 aromatic carbocycles. The lowest BCUT2D eigenvalue weighted by Gasteiger charge is -2.16. The molecular weight excluding hydrogens is 190 g/mol. The minimum atomic E-state index is 0.0304. The third-order valence-electron chi connectivity index (χ3n) is 2.62. The van der Waals surface area contributed by atoms with Gasteiger partial charge in [0.15, 0.2) is 0 Å². The number of H-pyrrole nitrogens is 1. The van der Waals surface area contributed by atoms with E-state index in [-0.39, 0.29) is 11.6 Å². The lowest BCUT2D eigenvalue weighted by Crippen LogP contribution is -2.24. The van der Waals surface area contributed by atoms with Gasteiger partial charge in [-0.1, -0.05) is 0 Å². The van der Waals surface area contributed by atoms with E-state index in [1.807, 2.05) is 13.8 Å². The van der Waals surface area contributed by atoms with E-state index in [4.69, 9.17) is 0 Å². The van der Waals surface area contributed by atoms with Crippen LogP contribution in [0.15, 0.2) is 4.79 Å². The van der Waals surface area contributed by atoms with Gasteiger partial charge in [0.1, 0.15) is 0 Å². The van der Waals surface area contributed by atoms with Crippen molar-refractivity contribution in [3.63, 3.8) is 0 Å². The molecular formula is C11H17N3O. The molecule has 0 amide bonds. The Hall–Kier alpha value is -1.32. The zero-order chi connectivity index (χ0) is 10.8. The molecule has 0 bridgehead atoms. The van der Waals surface area contributed by atoms with Gasteiger partial charge in [0.25, 0.3) is 5.56 Å². The molecule has 0 aliphatic heterocycles. The Labute approximate surface area is 89.1 Å². The maximum atomic E-state index is 11.7. The molecule has 0 atom stereocenters. The van der Waals surface area contributed by atoms with Crippen molar-refractivity contribution in [2.45, 2.75) is 45.6 Å². The van der Waals surface area contributed by atoms with Crippen LogP contribution in [-0.4, -0.2) is 16.0 Å². The molecule has 0 saturated carbocycles. The number of hydrogen-bond donors (Lipinski definition) is 2. The van der Waals surface area contributed by atoms with E-state index >= 15 is 0 Å². The first kappa shape index (κ1) is 10.2. The number of nitrogens with zero attached hydrogens (tertiary/aromatic N) is 1. The van der Waals surface area contributed by atoms with Crippen LogP contribution in [0.25, 0.3) is 0 Å². The van der Waals surface area contributed by atoms with Crippen LogP contribution >= 0.6 is 0 Å². The fourth-order valence-corrected chi connectivity index (χ4v) is 1.95. The summed E-state index contributed by atoms with van der Waals surface area (Å²) in [4.78, 5) is 19.0. The lowest BCUT2D eigenvalue weighted by molar-refractivity contribution is 0.656. The Morgan fingerprint density at radius 1 is 1.33 bits per heavy atom. The van der Waals surface area contributed by atoms with E-state index in [1.165, 1.54) is 0 Å². The topological polar surface area (TPSA) is 57.8 Å². The summed E-state index contributed by atoms with van der Waals surface area (Å²) >= 11 is 0. The summed E-state index contributed by atoms with van der Waals surface area (Å²) in [5, 5.41) is 3.13. The summed E-state index contributed by atoms with van der Waals surface area (Å²) in [6.45, 7) is 4.05. The Morgan fingerprint density at radius 3 is 2.80 bits per heavy atom. The van der Waals surface area contributed by atoms with Crippen LogP contribution in [-0.2, 0) is 12.8 Å². The summed E-state index contributed by atoms with van der Waals surface area (Å²) in [6.07, 6.45) is 4.06. The van der Waals surface area contributed by atoms with Gasteiger partial charge in [0.2, 0.25) is 5.95 Å². The van der Waals surface area contributed by atoms with Crippen molar-refractivity contribution in [3.05, 3.63) is 21.6 Å². The molecule has 0 radical (unpaired) electrons. The molecule has 1 aromatic heterocycles. The third kappa shape index (κ3) is 2.19. The van der Waals surface area contributed by atoms with Crippen LogP contribution in [0.5, 0.6) is 0 Å². The van der Waals surface area contributed by atoms with Gasteiger partial charge in [-0.05, 0) is 39.5 Å². The van der Waals surface area contributed by atoms with Crippen LogP contribution in [0.1, 0.15) is 37.9 Å². The Morgan fingerprint density at radius 2 is 2.07 bits per heavy atom. The maximum absolute atomic E-state index is 11.7. The molecule has 0 spiro atoms. The zero-order valence-corrected chi connectivity index (χ0v) is 9.26. The molecule has 1 aliphatic carbocycles. The number of aryl methyl sites for hydroxylation is 1. The largest absolute Gasteiger partial charge is 0.354 e. The Balaban J connectivity index is 2.36. The third-order valence-corrected chi connectivity index (χ3v) is 2.62. The van der Waals surface area contributed by atoms with Crippen molar-refractivity contribution in [2.24, 2.45) is 0 Å². The van der Waals surface area contributed by atoms with Crippen LogP contribution in [0.2, 0.25) is 0 Å². The van der Waals surface area contributed by atoms with Crippen LogP contribution in [0.3, 0.4) is 0 Å². The zero-order valence-electron chi connectivity index (χ0n) is 9.26. The van der Waals surface area contributed by atoms with E-state index < -0.39 is 0 Å². The van der Waals surface area contributed by atoms with Crippen LogP contribution in [0, 0.1) is 0 Å². The second-order valence-corrected chi connectivity index (χ2v) is 4.35. The van der Waals surface area contributed by atoms with Gasteiger partial charge >= 0.3 is 0 Å². The Bertz CT molecular complexity index is 409. The number of nitrogens with one attached hydrogen (secondary N) is 2. The number of aromatic nitrogens is 2. The number of aromatic amines is 1. The van der Waals surface area contributed by atoms with Gasteiger partial charge in [-0.3, -0.25) is 9.78 Å². The quantitative estimate of drug-likeness (QED) is 0.772. The summed E-state index contributed by atoms with van der Waals surface area (Å²) in [7, 11) is 0. The minimum Gasteiger partial charge on any atom is -0.354 e. The standard InChI is InChI=1S/C11H17N3O/c1-7(2)12-11-13-9-6-4-3-5-8(9)10(15)14-11/h7H,3-6H2,1-2H3,(H2,12,13,14,15). The summed E-state index contributed by atoms with van der Waals surface area (Å²) in [5.74, 6) is 0.607. The molecule has 82 valence electrons.